The van der Waals surface area contributed by atoms with E-state index in [-0.39, 0.29) is 44.0 Å². The van der Waals surface area contributed by atoms with Gasteiger partial charge < -0.3 is 14.2 Å². The lowest BCUT2D eigenvalue weighted by atomic mass is 10.1. The van der Waals surface area contributed by atoms with Gasteiger partial charge in [0, 0.05) is 19.3 Å². The predicted molar refractivity (Wildman–Crippen MR) is 269 cm³/mol. The van der Waals surface area contributed by atoms with Crippen molar-refractivity contribution in [2.45, 2.75) is 207 Å². The first-order valence-electron chi connectivity index (χ1n) is 25.1. The van der Waals surface area contributed by atoms with Crippen LogP contribution in [-0.2, 0) is 28.6 Å². The molecule has 0 aromatic carbocycles. The Kier molecular flexibility index (Phi) is 47.1. The summed E-state index contributed by atoms with van der Waals surface area (Å²) in [7, 11) is 0. The van der Waals surface area contributed by atoms with E-state index in [1.807, 2.05) is 18.2 Å². The maximum atomic E-state index is 12.8. The topological polar surface area (TPSA) is 78.9 Å². The molecule has 6 nitrogen and oxygen atoms in total. The van der Waals surface area contributed by atoms with Crippen molar-refractivity contribution in [3.63, 3.8) is 0 Å². The number of hydrogen-bond donors (Lipinski definition) is 0. The zero-order valence-electron chi connectivity index (χ0n) is 40.3. The first-order valence-corrected chi connectivity index (χ1v) is 25.1. The van der Waals surface area contributed by atoms with Crippen molar-refractivity contribution >= 4 is 17.9 Å². The minimum Gasteiger partial charge on any atom is -0.462 e. The second-order valence-electron chi connectivity index (χ2n) is 16.0. The van der Waals surface area contributed by atoms with E-state index in [1.54, 1.807) is 0 Å². The van der Waals surface area contributed by atoms with Gasteiger partial charge >= 0.3 is 17.9 Å². The molecule has 0 aliphatic rings. The van der Waals surface area contributed by atoms with Crippen LogP contribution in [0.25, 0.3) is 0 Å². The molecule has 0 spiro atoms. The molecule has 0 saturated carbocycles. The molecule has 0 amide bonds. The maximum absolute atomic E-state index is 12.8. The van der Waals surface area contributed by atoms with E-state index in [1.165, 1.54) is 44.9 Å². The molecule has 6 heteroatoms. The van der Waals surface area contributed by atoms with E-state index in [0.29, 0.717) is 19.3 Å². The third kappa shape index (κ3) is 48.7. The fraction of sp³-hybridized carbons (Fsp3) is 0.596. The first-order chi connectivity index (χ1) is 31.0. The van der Waals surface area contributed by atoms with E-state index in [9.17, 15) is 14.4 Å². The number of ether oxygens (including phenoxy) is 3. The zero-order chi connectivity index (χ0) is 45.8. The number of hydrogen-bond acceptors (Lipinski definition) is 6. The van der Waals surface area contributed by atoms with E-state index in [0.717, 1.165) is 103 Å². The predicted octanol–water partition coefficient (Wildman–Crippen LogP) is 16.5. The van der Waals surface area contributed by atoms with Crippen LogP contribution in [0.3, 0.4) is 0 Å². The van der Waals surface area contributed by atoms with Crippen molar-refractivity contribution in [2.24, 2.45) is 0 Å². The van der Waals surface area contributed by atoms with Gasteiger partial charge in [0.25, 0.3) is 0 Å². The number of carbonyl (C=O) groups is 3. The molecule has 0 N–H and O–H groups in total. The van der Waals surface area contributed by atoms with Crippen LogP contribution >= 0.6 is 0 Å². The molecule has 0 fully saturated rings. The summed E-state index contributed by atoms with van der Waals surface area (Å²) in [4.78, 5) is 37.9. The van der Waals surface area contributed by atoms with Gasteiger partial charge in [-0.05, 0) is 96.3 Å². The van der Waals surface area contributed by atoms with Crippen molar-refractivity contribution in [1.29, 1.82) is 0 Å². The SMILES string of the molecule is CC\C=C/C=C\C=C/CCCCCCCC(=O)OCC(COC(=O)CC/C=C\C/C=C\C/C=C\C/C=C\C/C=C\CC)OC(=O)CCCCC/C=C\C=C/CCCCCCCCC. The van der Waals surface area contributed by atoms with Gasteiger partial charge in [0.1, 0.15) is 13.2 Å². The lowest BCUT2D eigenvalue weighted by Gasteiger charge is -2.18. The van der Waals surface area contributed by atoms with Crippen LogP contribution in [0, 0.1) is 0 Å². The van der Waals surface area contributed by atoms with Gasteiger partial charge in [0.15, 0.2) is 6.10 Å². The number of allylic oxidation sites excluding steroid dienone is 20. The van der Waals surface area contributed by atoms with Gasteiger partial charge in [-0.3, -0.25) is 14.4 Å². The Bertz CT molecular complexity index is 1370. The third-order valence-electron chi connectivity index (χ3n) is 10.0. The van der Waals surface area contributed by atoms with Crippen LogP contribution in [0.5, 0.6) is 0 Å². The summed E-state index contributed by atoms with van der Waals surface area (Å²) in [5, 5.41) is 0. The lowest BCUT2D eigenvalue weighted by molar-refractivity contribution is -0.166. The largest absolute Gasteiger partial charge is 0.462 e. The number of rotatable bonds is 43. The number of unbranched alkanes of at least 4 members (excludes halogenated alkanes) is 15. The van der Waals surface area contributed by atoms with Gasteiger partial charge in [-0.2, -0.15) is 0 Å². The molecule has 0 aromatic rings. The molecule has 0 bridgehead atoms. The van der Waals surface area contributed by atoms with Crippen molar-refractivity contribution < 1.29 is 28.6 Å². The maximum Gasteiger partial charge on any atom is 0.306 e. The molecule has 354 valence electrons. The summed E-state index contributed by atoms with van der Waals surface area (Å²) in [5.41, 5.74) is 0. The average Bonchev–Trinajstić information content (AvgIpc) is 3.28. The Morgan fingerprint density at radius 2 is 0.730 bits per heavy atom. The van der Waals surface area contributed by atoms with Crippen molar-refractivity contribution in [3.8, 4) is 0 Å². The van der Waals surface area contributed by atoms with Gasteiger partial charge in [-0.1, -0.05) is 206 Å². The van der Waals surface area contributed by atoms with Crippen molar-refractivity contribution in [1.82, 2.24) is 0 Å². The van der Waals surface area contributed by atoms with Gasteiger partial charge in [0.05, 0.1) is 0 Å². The van der Waals surface area contributed by atoms with Crippen molar-refractivity contribution in [3.05, 3.63) is 122 Å². The Hall–Kier alpha value is -4.19. The molecule has 0 heterocycles. The highest BCUT2D eigenvalue weighted by atomic mass is 16.6. The minimum atomic E-state index is -0.833. The monoisotopic (exact) mass is 871 g/mol. The summed E-state index contributed by atoms with van der Waals surface area (Å²) in [5.74, 6) is -1.07. The molecule has 0 rings (SSSR count). The summed E-state index contributed by atoms with van der Waals surface area (Å²) >= 11 is 0. The lowest BCUT2D eigenvalue weighted by Crippen LogP contribution is -2.30. The van der Waals surface area contributed by atoms with Crippen LogP contribution in [-0.4, -0.2) is 37.2 Å². The average molecular weight is 871 g/mol. The molecular weight excluding hydrogens is 781 g/mol. The van der Waals surface area contributed by atoms with E-state index >= 15 is 0 Å². The highest BCUT2D eigenvalue weighted by Gasteiger charge is 2.19. The standard InChI is InChI=1S/C57H90O6/c1-4-7-10-13-16-19-22-25-27-29-32-35-38-41-44-47-50-56(59)62-53-54(52-61-55(58)49-46-43-40-37-34-31-24-21-18-15-12-9-6-3)63-57(60)51-48-45-42-39-36-33-30-28-26-23-20-17-14-11-8-5-2/h7,9-10,12,15-16,18-19,21,24-25,27-28,30,32-33,35-36,41,44,54H,4-6,8,11,13-14,17,20,22-23,26,29,31,34,37-40,42-43,45-53H2,1-3H3/b10-7-,12-9-,18-15-,19-16-,24-21-,27-25-,30-28-,35-32-,36-33-,44-41-. The summed E-state index contributed by atoms with van der Waals surface area (Å²) in [6.45, 7) is 6.26. The molecule has 63 heavy (non-hydrogen) atoms. The Morgan fingerprint density at radius 3 is 1.24 bits per heavy atom. The second kappa shape index (κ2) is 50.5. The van der Waals surface area contributed by atoms with Crippen LogP contribution in [0.1, 0.15) is 201 Å². The highest BCUT2D eigenvalue weighted by Crippen LogP contribution is 2.12. The van der Waals surface area contributed by atoms with Crippen LogP contribution in [0.15, 0.2) is 122 Å². The van der Waals surface area contributed by atoms with E-state index in [4.69, 9.17) is 14.2 Å². The van der Waals surface area contributed by atoms with Gasteiger partial charge in [-0.25, -0.2) is 0 Å². The Morgan fingerprint density at radius 1 is 0.349 bits per heavy atom. The zero-order valence-corrected chi connectivity index (χ0v) is 40.3. The molecule has 1 unspecified atom stereocenters. The van der Waals surface area contributed by atoms with E-state index in [2.05, 4.69) is 124 Å². The van der Waals surface area contributed by atoms with Gasteiger partial charge in [0.2, 0.25) is 0 Å². The first kappa shape index (κ1) is 58.8. The molecular formula is C57H90O6. The van der Waals surface area contributed by atoms with Crippen LogP contribution < -0.4 is 0 Å². The second-order valence-corrected chi connectivity index (χ2v) is 16.0. The summed E-state index contributed by atoms with van der Waals surface area (Å²) in [6, 6.07) is 0. The molecule has 0 aliphatic heterocycles. The quantitative estimate of drug-likeness (QED) is 0.0200. The normalized spacial score (nSPS) is 13.1. The Balaban J connectivity index is 4.59. The Labute approximate surface area is 386 Å². The molecule has 0 aliphatic carbocycles. The fourth-order valence-electron chi connectivity index (χ4n) is 6.30. The number of esters is 3. The van der Waals surface area contributed by atoms with Crippen LogP contribution in [0.2, 0.25) is 0 Å². The molecule has 0 radical (unpaired) electrons. The smallest absolute Gasteiger partial charge is 0.306 e. The van der Waals surface area contributed by atoms with Gasteiger partial charge in [-0.15, -0.1) is 0 Å². The molecule has 1 atom stereocenters. The van der Waals surface area contributed by atoms with Crippen molar-refractivity contribution in [2.75, 3.05) is 13.2 Å². The highest BCUT2D eigenvalue weighted by molar-refractivity contribution is 5.71. The summed E-state index contributed by atoms with van der Waals surface area (Å²) in [6.07, 6.45) is 69.1. The summed E-state index contributed by atoms with van der Waals surface area (Å²) < 4.78 is 16.7. The molecule has 0 saturated heterocycles. The minimum absolute atomic E-state index is 0.126. The van der Waals surface area contributed by atoms with E-state index < -0.39 is 6.10 Å². The van der Waals surface area contributed by atoms with Crippen LogP contribution in [0.4, 0.5) is 0 Å². The molecule has 0 aromatic heterocycles. The third-order valence-corrected chi connectivity index (χ3v) is 10.0. The number of carbonyl (C=O) groups excluding carboxylic acids is 3. The fourth-order valence-corrected chi connectivity index (χ4v) is 6.30.